The molecule has 1 aromatic rings. The lowest BCUT2D eigenvalue weighted by Gasteiger charge is -2.39. The third-order valence-corrected chi connectivity index (χ3v) is 5.86. The smallest absolute Gasteiger partial charge is 0.223 e. The first-order valence-electron chi connectivity index (χ1n) is 9.61. The second kappa shape index (κ2) is 8.33. The molecule has 1 aromatic carbocycles. The lowest BCUT2D eigenvalue weighted by Crippen LogP contribution is -2.45. The molecular formula is C20H28F2N2O2. The van der Waals surface area contributed by atoms with Crippen LogP contribution in [0.15, 0.2) is 18.2 Å². The van der Waals surface area contributed by atoms with Gasteiger partial charge in [0, 0.05) is 38.4 Å². The minimum absolute atomic E-state index is 0.0279. The Labute approximate surface area is 153 Å². The van der Waals surface area contributed by atoms with E-state index in [-0.39, 0.29) is 23.2 Å². The molecule has 0 unspecified atom stereocenters. The molecule has 1 amide bonds. The Bertz CT molecular complexity index is 624. The Morgan fingerprint density at radius 3 is 2.50 bits per heavy atom. The van der Waals surface area contributed by atoms with Crippen LogP contribution in [0.25, 0.3) is 0 Å². The first kappa shape index (κ1) is 19.1. The molecule has 1 saturated carbocycles. The average Bonchev–Trinajstić information content (AvgIpc) is 2.65. The van der Waals surface area contributed by atoms with Crippen LogP contribution in [-0.4, -0.2) is 36.5 Å². The molecule has 6 heteroatoms. The maximum absolute atomic E-state index is 13.7. The number of nitrogens with two attached hydrogens (primary N) is 1. The number of carbonyl (C=O) groups excluding carboxylic acids is 1. The number of ether oxygens (including phenoxy) is 1. The predicted octanol–water partition coefficient (Wildman–Crippen LogP) is 3.63. The maximum Gasteiger partial charge on any atom is 0.223 e. The van der Waals surface area contributed by atoms with Gasteiger partial charge in [-0.25, -0.2) is 8.78 Å². The number of nitrogens with zero attached hydrogens (tertiary/aromatic N) is 1. The molecule has 0 bridgehead atoms. The van der Waals surface area contributed by atoms with E-state index < -0.39 is 11.6 Å². The molecule has 1 aliphatic heterocycles. The van der Waals surface area contributed by atoms with Crippen LogP contribution >= 0.6 is 0 Å². The van der Waals surface area contributed by atoms with Crippen LogP contribution in [0.3, 0.4) is 0 Å². The Morgan fingerprint density at radius 2 is 1.88 bits per heavy atom. The predicted molar refractivity (Wildman–Crippen MR) is 95.8 cm³/mol. The van der Waals surface area contributed by atoms with Crippen molar-refractivity contribution in [2.24, 2.45) is 11.1 Å². The van der Waals surface area contributed by atoms with E-state index >= 15 is 0 Å². The Hall–Kier alpha value is -1.69. The highest BCUT2D eigenvalue weighted by atomic mass is 19.1. The van der Waals surface area contributed by atoms with Gasteiger partial charge in [-0.1, -0.05) is 19.3 Å². The Balaban J connectivity index is 1.50. The van der Waals surface area contributed by atoms with Crippen molar-refractivity contribution in [3.05, 3.63) is 29.8 Å². The molecule has 144 valence electrons. The summed E-state index contributed by atoms with van der Waals surface area (Å²) in [7, 11) is 0. The molecule has 0 radical (unpaired) electrons. The van der Waals surface area contributed by atoms with Crippen molar-refractivity contribution in [3.63, 3.8) is 0 Å². The van der Waals surface area contributed by atoms with Gasteiger partial charge in [-0.2, -0.15) is 0 Å². The number of rotatable bonds is 5. The third kappa shape index (κ3) is 4.53. The summed E-state index contributed by atoms with van der Waals surface area (Å²) in [6, 6.07) is 3.33. The van der Waals surface area contributed by atoms with Gasteiger partial charge in [-0.3, -0.25) is 4.79 Å². The first-order chi connectivity index (χ1) is 12.5. The highest BCUT2D eigenvalue weighted by Crippen LogP contribution is 2.39. The summed E-state index contributed by atoms with van der Waals surface area (Å²) in [5, 5.41) is 0. The molecule has 26 heavy (non-hydrogen) atoms. The Morgan fingerprint density at radius 1 is 1.19 bits per heavy atom. The van der Waals surface area contributed by atoms with Gasteiger partial charge < -0.3 is 15.4 Å². The van der Waals surface area contributed by atoms with Gasteiger partial charge >= 0.3 is 0 Å². The minimum Gasteiger partial charge on any atom is -0.487 e. The molecule has 0 atom stereocenters. The SMILES string of the molecule is NCC1(CC(=O)N2CCC(Oc3ccc(F)cc3F)CC2)CCCCC1. The highest BCUT2D eigenvalue weighted by Gasteiger charge is 2.35. The van der Waals surface area contributed by atoms with E-state index in [9.17, 15) is 13.6 Å². The average molecular weight is 366 g/mol. The highest BCUT2D eigenvalue weighted by molar-refractivity contribution is 5.77. The zero-order valence-electron chi connectivity index (χ0n) is 15.2. The van der Waals surface area contributed by atoms with Gasteiger partial charge in [0.1, 0.15) is 11.9 Å². The number of amides is 1. The zero-order chi connectivity index (χ0) is 18.6. The lowest BCUT2D eigenvalue weighted by atomic mass is 9.71. The van der Waals surface area contributed by atoms with Gasteiger partial charge in [0.25, 0.3) is 0 Å². The van der Waals surface area contributed by atoms with E-state index in [1.807, 2.05) is 4.90 Å². The van der Waals surface area contributed by atoms with Gasteiger partial charge in [0.05, 0.1) is 0 Å². The molecule has 1 aliphatic carbocycles. The van der Waals surface area contributed by atoms with Crippen LogP contribution in [0.1, 0.15) is 51.4 Å². The number of likely N-dealkylation sites (tertiary alicyclic amines) is 1. The van der Waals surface area contributed by atoms with Crippen molar-refractivity contribution in [1.29, 1.82) is 0 Å². The normalized spacial score (nSPS) is 20.8. The van der Waals surface area contributed by atoms with Crippen LogP contribution in [0.2, 0.25) is 0 Å². The van der Waals surface area contributed by atoms with E-state index in [0.717, 1.165) is 31.7 Å². The molecule has 1 heterocycles. The fraction of sp³-hybridized carbons (Fsp3) is 0.650. The molecule has 2 aliphatic rings. The van der Waals surface area contributed by atoms with Crippen LogP contribution in [-0.2, 0) is 4.79 Å². The number of hydrogen-bond acceptors (Lipinski definition) is 3. The van der Waals surface area contributed by atoms with Crippen molar-refractivity contribution in [3.8, 4) is 5.75 Å². The summed E-state index contributed by atoms with van der Waals surface area (Å²) in [6.07, 6.45) is 7.30. The summed E-state index contributed by atoms with van der Waals surface area (Å²) in [5.41, 5.74) is 5.97. The number of benzene rings is 1. The number of carbonyl (C=O) groups is 1. The largest absolute Gasteiger partial charge is 0.487 e. The second-order valence-corrected chi connectivity index (χ2v) is 7.71. The number of hydrogen-bond donors (Lipinski definition) is 1. The molecule has 0 spiro atoms. The van der Waals surface area contributed by atoms with Crippen LogP contribution in [0.5, 0.6) is 5.75 Å². The van der Waals surface area contributed by atoms with Gasteiger partial charge in [-0.15, -0.1) is 0 Å². The van der Waals surface area contributed by atoms with E-state index in [2.05, 4.69) is 0 Å². The minimum atomic E-state index is -0.689. The quantitative estimate of drug-likeness (QED) is 0.866. The topological polar surface area (TPSA) is 55.6 Å². The molecular weight excluding hydrogens is 338 g/mol. The van der Waals surface area contributed by atoms with Crippen molar-refractivity contribution < 1.29 is 18.3 Å². The second-order valence-electron chi connectivity index (χ2n) is 7.71. The zero-order valence-corrected chi connectivity index (χ0v) is 15.2. The molecule has 1 saturated heterocycles. The fourth-order valence-electron chi connectivity index (χ4n) is 4.16. The van der Waals surface area contributed by atoms with Crippen molar-refractivity contribution in [2.45, 2.75) is 57.5 Å². The third-order valence-electron chi connectivity index (χ3n) is 5.86. The van der Waals surface area contributed by atoms with Gasteiger partial charge in [-0.05, 0) is 36.9 Å². The number of halogens is 2. The lowest BCUT2D eigenvalue weighted by molar-refractivity contribution is -0.136. The molecule has 3 rings (SSSR count). The van der Waals surface area contributed by atoms with Gasteiger partial charge in [0.15, 0.2) is 11.6 Å². The fourth-order valence-corrected chi connectivity index (χ4v) is 4.16. The summed E-state index contributed by atoms with van der Waals surface area (Å²) in [6.45, 7) is 1.78. The summed E-state index contributed by atoms with van der Waals surface area (Å²) in [4.78, 5) is 14.6. The maximum atomic E-state index is 13.7. The monoisotopic (exact) mass is 366 g/mol. The van der Waals surface area contributed by atoms with Crippen LogP contribution < -0.4 is 10.5 Å². The van der Waals surface area contributed by atoms with E-state index in [1.54, 1.807) is 0 Å². The Kier molecular flexibility index (Phi) is 6.12. The summed E-state index contributed by atoms with van der Waals surface area (Å²) >= 11 is 0. The summed E-state index contributed by atoms with van der Waals surface area (Å²) in [5.74, 6) is -1.07. The molecule has 2 fully saturated rings. The first-order valence-corrected chi connectivity index (χ1v) is 9.61. The molecule has 0 aromatic heterocycles. The van der Waals surface area contributed by atoms with Crippen molar-refractivity contribution in [2.75, 3.05) is 19.6 Å². The standard InChI is InChI=1S/C20H28F2N2O2/c21-15-4-5-18(17(22)12-15)26-16-6-10-24(11-7-16)19(25)13-20(14-23)8-2-1-3-9-20/h4-5,12,16H,1-3,6-11,13-14,23H2. The van der Waals surface area contributed by atoms with Crippen LogP contribution in [0, 0.1) is 17.0 Å². The van der Waals surface area contributed by atoms with E-state index in [1.165, 1.54) is 18.6 Å². The van der Waals surface area contributed by atoms with E-state index in [4.69, 9.17) is 10.5 Å². The van der Waals surface area contributed by atoms with Crippen LogP contribution in [0.4, 0.5) is 8.78 Å². The van der Waals surface area contributed by atoms with E-state index in [0.29, 0.717) is 38.9 Å². The van der Waals surface area contributed by atoms with Crippen molar-refractivity contribution >= 4 is 5.91 Å². The van der Waals surface area contributed by atoms with Crippen molar-refractivity contribution in [1.82, 2.24) is 4.90 Å². The van der Waals surface area contributed by atoms with Gasteiger partial charge in [0.2, 0.25) is 5.91 Å². The molecule has 2 N–H and O–H groups in total. The number of piperidine rings is 1. The summed E-state index contributed by atoms with van der Waals surface area (Å²) < 4.78 is 32.3. The molecule has 4 nitrogen and oxygen atoms in total.